The molecule has 1 heterocycles. The van der Waals surface area contributed by atoms with E-state index in [1.807, 2.05) is 55.5 Å². The highest BCUT2D eigenvalue weighted by molar-refractivity contribution is 6.23. The van der Waals surface area contributed by atoms with Crippen LogP contribution in [0.2, 0.25) is 0 Å². The summed E-state index contributed by atoms with van der Waals surface area (Å²) >= 11 is 0. The molecule has 0 N–H and O–H groups in total. The van der Waals surface area contributed by atoms with E-state index in [1.54, 1.807) is 0 Å². The van der Waals surface area contributed by atoms with Crippen LogP contribution in [0.1, 0.15) is 42.0 Å². The van der Waals surface area contributed by atoms with Crippen molar-refractivity contribution in [2.45, 2.75) is 25.2 Å². The normalized spacial score (nSPS) is 27.7. The van der Waals surface area contributed by atoms with E-state index in [2.05, 4.69) is 31.2 Å². The summed E-state index contributed by atoms with van der Waals surface area (Å²) in [6, 6.07) is 23.9. The van der Waals surface area contributed by atoms with E-state index < -0.39 is 11.3 Å². The molecule has 0 saturated carbocycles. The van der Waals surface area contributed by atoms with Gasteiger partial charge in [-0.1, -0.05) is 55.5 Å². The van der Waals surface area contributed by atoms with Crippen molar-refractivity contribution in [1.29, 1.82) is 0 Å². The summed E-state index contributed by atoms with van der Waals surface area (Å²) in [7, 11) is 0. The summed E-state index contributed by atoms with van der Waals surface area (Å²) in [5, 5.41) is 0. The molecule has 1 aliphatic heterocycles. The molecule has 0 unspecified atom stereocenters. The van der Waals surface area contributed by atoms with E-state index in [9.17, 15) is 9.59 Å². The lowest BCUT2D eigenvalue weighted by molar-refractivity contribution is -0.123. The number of carbonyl (C=O) groups excluding carboxylic acids is 2. The molecule has 0 aromatic heterocycles. The van der Waals surface area contributed by atoms with Crippen molar-refractivity contribution in [3.8, 4) is 5.75 Å². The SMILES string of the molecule is CCOc1ccc(N2C(=O)[C@@H]3C4c5ccccc5C(C)(c5ccccc54)[C@H]3C2=O)cc1. The molecule has 2 atom stereocenters. The van der Waals surface area contributed by atoms with Crippen LogP contribution in [0, 0.1) is 11.8 Å². The molecule has 3 aliphatic carbocycles. The fraction of sp³-hybridized carbons (Fsp3) is 0.259. The molecule has 0 radical (unpaired) electrons. The van der Waals surface area contributed by atoms with E-state index in [4.69, 9.17) is 4.74 Å². The van der Waals surface area contributed by atoms with Gasteiger partial charge in [0.15, 0.2) is 0 Å². The monoisotopic (exact) mass is 409 g/mol. The number of rotatable bonds is 3. The largest absolute Gasteiger partial charge is 0.494 e. The Labute approximate surface area is 181 Å². The zero-order chi connectivity index (χ0) is 21.3. The van der Waals surface area contributed by atoms with Gasteiger partial charge in [0.1, 0.15) is 5.75 Å². The van der Waals surface area contributed by atoms with Gasteiger partial charge in [0.05, 0.1) is 24.1 Å². The van der Waals surface area contributed by atoms with Crippen molar-refractivity contribution in [2.75, 3.05) is 11.5 Å². The molecule has 1 saturated heterocycles. The molecule has 31 heavy (non-hydrogen) atoms. The third kappa shape index (κ3) is 2.20. The Hall–Kier alpha value is -3.40. The van der Waals surface area contributed by atoms with Crippen LogP contribution in [0.3, 0.4) is 0 Å². The first-order valence-corrected chi connectivity index (χ1v) is 10.9. The average molecular weight is 409 g/mol. The first-order chi connectivity index (χ1) is 15.1. The van der Waals surface area contributed by atoms with Crippen molar-refractivity contribution in [2.24, 2.45) is 11.8 Å². The molecule has 3 aromatic rings. The number of amides is 2. The van der Waals surface area contributed by atoms with Gasteiger partial charge in [-0.25, -0.2) is 4.90 Å². The summed E-state index contributed by atoms with van der Waals surface area (Å²) < 4.78 is 5.53. The van der Waals surface area contributed by atoms with Crippen LogP contribution in [-0.2, 0) is 15.0 Å². The van der Waals surface area contributed by atoms with Crippen molar-refractivity contribution < 1.29 is 14.3 Å². The Morgan fingerprint density at radius 1 is 0.839 bits per heavy atom. The summed E-state index contributed by atoms with van der Waals surface area (Å²) in [6.07, 6.45) is 0. The van der Waals surface area contributed by atoms with E-state index in [0.29, 0.717) is 12.3 Å². The smallest absolute Gasteiger partial charge is 0.238 e. The van der Waals surface area contributed by atoms with Gasteiger partial charge in [-0.15, -0.1) is 0 Å². The van der Waals surface area contributed by atoms with Crippen LogP contribution in [-0.4, -0.2) is 18.4 Å². The van der Waals surface area contributed by atoms with Crippen molar-refractivity contribution in [3.05, 3.63) is 95.1 Å². The van der Waals surface area contributed by atoms with Crippen LogP contribution in [0.25, 0.3) is 0 Å². The number of carbonyl (C=O) groups is 2. The number of anilines is 1. The van der Waals surface area contributed by atoms with Crippen LogP contribution in [0.5, 0.6) is 5.75 Å². The van der Waals surface area contributed by atoms with Gasteiger partial charge >= 0.3 is 0 Å². The Kier molecular flexibility index (Phi) is 3.73. The first-order valence-electron chi connectivity index (χ1n) is 10.9. The quantitative estimate of drug-likeness (QED) is 0.592. The number of nitrogens with zero attached hydrogens (tertiary/aromatic N) is 1. The zero-order valence-electron chi connectivity index (χ0n) is 17.5. The van der Waals surface area contributed by atoms with Gasteiger partial charge < -0.3 is 4.74 Å². The maximum absolute atomic E-state index is 13.8. The standard InChI is InChI=1S/C27H23NO3/c1-3-31-17-14-12-16(13-15-17)28-25(29)23-22-18-8-4-6-10-20(18)27(2,24(23)26(28)30)21-11-7-5-9-19(21)22/h4-15,22-24H,3H2,1-2H3/t22?,23-,24-,27?/m1/s1. The number of imide groups is 1. The van der Waals surface area contributed by atoms with Gasteiger partial charge in [0.2, 0.25) is 11.8 Å². The minimum absolute atomic E-state index is 0.0941. The van der Waals surface area contributed by atoms with E-state index in [1.165, 1.54) is 27.2 Å². The fourth-order valence-electron chi connectivity index (χ4n) is 6.26. The first kappa shape index (κ1) is 18.4. The molecule has 2 bridgehead atoms. The molecular weight excluding hydrogens is 386 g/mol. The van der Waals surface area contributed by atoms with Gasteiger partial charge in [0.25, 0.3) is 0 Å². The Bertz CT molecular complexity index is 1180. The maximum Gasteiger partial charge on any atom is 0.238 e. The average Bonchev–Trinajstić information content (AvgIpc) is 3.07. The molecule has 4 nitrogen and oxygen atoms in total. The molecule has 4 heteroatoms. The van der Waals surface area contributed by atoms with Crippen LogP contribution < -0.4 is 9.64 Å². The summed E-state index contributed by atoms with van der Waals surface area (Å²) in [5.41, 5.74) is 4.80. The van der Waals surface area contributed by atoms with E-state index in [0.717, 1.165) is 5.75 Å². The van der Waals surface area contributed by atoms with Gasteiger partial charge in [0, 0.05) is 11.3 Å². The minimum atomic E-state index is -0.528. The molecule has 2 amide bonds. The van der Waals surface area contributed by atoms with Crippen LogP contribution >= 0.6 is 0 Å². The molecule has 1 fully saturated rings. The van der Waals surface area contributed by atoms with Crippen molar-refractivity contribution in [1.82, 2.24) is 0 Å². The molecule has 0 spiro atoms. The van der Waals surface area contributed by atoms with E-state index >= 15 is 0 Å². The molecule has 3 aromatic carbocycles. The van der Waals surface area contributed by atoms with Gasteiger partial charge in [-0.3, -0.25) is 9.59 Å². The zero-order valence-corrected chi connectivity index (χ0v) is 17.5. The highest BCUT2D eigenvalue weighted by atomic mass is 16.5. The van der Waals surface area contributed by atoms with Crippen LogP contribution in [0.4, 0.5) is 5.69 Å². The third-order valence-electron chi connectivity index (χ3n) is 7.45. The highest BCUT2D eigenvalue weighted by Crippen LogP contribution is 2.64. The number of ether oxygens (including phenoxy) is 1. The van der Waals surface area contributed by atoms with Gasteiger partial charge in [-0.05, 0) is 53.4 Å². The second-order valence-corrected chi connectivity index (χ2v) is 8.80. The highest BCUT2D eigenvalue weighted by Gasteiger charge is 2.66. The predicted octanol–water partition coefficient (Wildman–Crippen LogP) is 4.66. The molecule has 7 rings (SSSR count). The summed E-state index contributed by atoms with van der Waals surface area (Å²) in [4.78, 5) is 29.0. The van der Waals surface area contributed by atoms with Crippen molar-refractivity contribution >= 4 is 17.5 Å². The topological polar surface area (TPSA) is 46.6 Å². The maximum atomic E-state index is 13.8. The third-order valence-corrected chi connectivity index (χ3v) is 7.45. The van der Waals surface area contributed by atoms with E-state index in [-0.39, 0.29) is 23.7 Å². The lowest BCUT2D eigenvalue weighted by Gasteiger charge is -2.52. The number of hydrogen-bond donors (Lipinski definition) is 0. The summed E-state index contributed by atoms with van der Waals surface area (Å²) in [6.45, 7) is 4.64. The fourth-order valence-corrected chi connectivity index (χ4v) is 6.26. The molecule has 154 valence electrons. The Morgan fingerprint density at radius 3 is 2.00 bits per heavy atom. The summed E-state index contributed by atoms with van der Waals surface area (Å²) in [5.74, 6) is -0.344. The number of hydrogen-bond acceptors (Lipinski definition) is 3. The lowest BCUT2D eigenvalue weighted by atomic mass is 9.48. The Morgan fingerprint density at radius 2 is 1.42 bits per heavy atom. The molecular formula is C27H23NO3. The molecule has 4 aliphatic rings. The second-order valence-electron chi connectivity index (χ2n) is 8.80. The lowest BCUT2D eigenvalue weighted by Crippen LogP contribution is -2.51. The van der Waals surface area contributed by atoms with Crippen LogP contribution in [0.15, 0.2) is 72.8 Å². The van der Waals surface area contributed by atoms with Crippen molar-refractivity contribution in [3.63, 3.8) is 0 Å². The second kappa shape index (κ2) is 6.30. The number of benzene rings is 3. The predicted molar refractivity (Wildman–Crippen MR) is 118 cm³/mol. The minimum Gasteiger partial charge on any atom is -0.494 e. The van der Waals surface area contributed by atoms with Gasteiger partial charge in [-0.2, -0.15) is 0 Å². The Balaban J connectivity index is 1.53.